The number of nitrogens with zero attached hydrogens (tertiary/aromatic N) is 2. The lowest BCUT2D eigenvalue weighted by Gasteiger charge is -2.23. The predicted molar refractivity (Wildman–Crippen MR) is 111 cm³/mol. The Morgan fingerprint density at radius 2 is 1.83 bits per heavy atom. The summed E-state index contributed by atoms with van der Waals surface area (Å²) in [4.78, 5) is 29.4. The molecule has 0 atom stereocenters. The number of benzene rings is 2. The molecule has 9 heteroatoms. The number of aryl methyl sites for hydroxylation is 1. The van der Waals surface area contributed by atoms with E-state index < -0.39 is 21.5 Å². The average molecular weight is 422 g/mol. The summed E-state index contributed by atoms with van der Waals surface area (Å²) < 4.78 is 22.9. The highest BCUT2D eigenvalue weighted by Gasteiger charge is 2.21. The molecule has 3 rings (SSSR count). The molecule has 30 heavy (non-hydrogen) atoms. The molecular formula is C21H18N4O4S. The van der Waals surface area contributed by atoms with Crippen LogP contribution in [0.2, 0.25) is 0 Å². The Kier molecular flexibility index (Phi) is 5.82. The summed E-state index contributed by atoms with van der Waals surface area (Å²) in [5.41, 5.74) is 1.44. The van der Waals surface area contributed by atoms with E-state index in [2.05, 4.69) is 4.98 Å². The number of amides is 1. The van der Waals surface area contributed by atoms with Gasteiger partial charge >= 0.3 is 0 Å². The first-order valence-corrected chi connectivity index (χ1v) is 10.4. The summed E-state index contributed by atoms with van der Waals surface area (Å²) in [7, 11) is -3.84. The lowest BCUT2D eigenvalue weighted by atomic mass is 10.1. The molecule has 0 aliphatic rings. The number of aromatic nitrogens is 1. The molecule has 3 N–H and O–H groups in total. The number of primary sulfonamides is 1. The zero-order chi connectivity index (χ0) is 21.9. The van der Waals surface area contributed by atoms with Gasteiger partial charge in [0.05, 0.1) is 23.1 Å². The van der Waals surface area contributed by atoms with E-state index in [0.29, 0.717) is 22.5 Å². The zero-order valence-corrected chi connectivity index (χ0v) is 16.8. The summed E-state index contributed by atoms with van der Waals surface area (Å²) in [6.45, 7) is 1.75. The van der Waals surface area contributed by atoms with Crippen LogP contribution in [0.1, 0.15) is 27.2 Å². The third-order valence-corrected chi connectivity index (χ3v) is 5.34. The second-order valence-corrected chi connectivity index (χ2v) is 8.19. The second kappa shape index (κ2) is 8.32. The lowest BCUT2D eigenvalue weighted by Crippen LogP contribution is -2.34. The molecule has 1 heterocycles. The number of hydrogen-bond donors (Lipinski definition) is 2. The van der Waals surface area contributed by atoms with E-state index >= 15 is 0 Å². The van der Waals surface area contributed by atoms with E-state index in [-0.39, 0.29) is 17.0 Å². The van der Waals surface area contributed by atoms with Gasteiger partial charge in [-0.25, -0.2) is 13.6 Å². The Balaban J connectivity index is 2.04. The fourth-order valence-electron chi connectivity index (χ4n) is 2.88. The molecular weight excluding hydrogens is 404 g/mol. The van der Waals surface area contributed by atoms with E-state index in [1.165, 1.54) is 35.2 Å². The SMILES string of the molecule is Cc1ccc(C(=O)N(Cc2ccc(S(N)(=O)=O)cc2)c2cccc(C#N)c2)c(=O)[nH]1. The van der Waals surface area contributed by atoms with E-state index in [4.69, 9.17) is 5.14 Å². The van der Waals surface area contributed by atoms with Crippen molar-refractivity contribution in [3.05, 3.63) is 93.4 Å². The van der Waals surface area contributed by atoms with Gasteiger partial charge in [0.15, 0.2) is 0 Å². The zero-order valence-electron chi connectivity index (χ0n) is 16.0. The van der Waals surface area contributed by atoms with Gasteiger partial charge in [-0.3, -0.25) is 9.59 Å². The van der Waals surface area contributed by atoms with Crippen LogP contribution in [0.5, 0.6) is 0 Å². The van der Waals surface area contributed by atoms with Crippen LogP contribution < -0.4 is 15.6 Å². The Morgan fingerprint density at radius 3 is 2.43 bits per heavy atom. The number of nitrogens with one attached hydrogen (secondary N) is 1. The van der Waals surface area contributed by atoms with Crippen LogP contribution in [-0.4, -0.2) is 19.3 Å². The molecule has 3 aromatic rings. The highest BCUT2D eigenvalue weighted by molar-refractivity contribution is 7.89. The van der Waals surface area contributed by atoms with Crippen LogP contribution in [0, 0.1) is 18.3 Å². The van der Waals surface area contributed by atoms with Crippen LogP contribution in [-0.2, 0) is 16.6 Å². The Bertz CT molecular complexity index is 1310. The number of carbonyl (C=O) groups excluding carboxylic acids is 1. The van der Waals surface area contributed by atoms with Crippen molar-refractivity contribution in [2.24, 2.45) is 5.14 Å². The van der Waals surface area contributed by atoms with Crippen molar-refractivity contribution in [3.8, 4) is 6.07 Å². The van der Waals surface area contributed by atoms with Gasteiger partial charge in [-0.2, -0.15) is 5.26 Å². The van der Waals surface area contributed by atoms with Gasteiger partial charge in [0.1, 0.15) is 5.56 Å². The fraction of sp³-hybridized carbons (Fsp3) is 0.0952. The van der Waals surface area contributed by atoms with E-state index in [1.54, 1.807) is 37.3 Å². The lowest BCUT2D eigenvalue weighted by molar-refractivity contribution is 0.0983. The maximum Gasteiger partial charge on any atom is 0.264 e. The maximum atomic E-state index is 13.2. The quantitative estimate of drug-likeness (QED) is 0.648. The van der Waals surface area contributed by atoms with Gasteiger partial charge in [0.25, 0.3) is 11.5 Å². The number of rotatable bonds is 5. The van der Waals surface area contributed by atoms with Gasteiger partial charge in [-0.1, -0.05) is 18.2 Å². The molecule has 0 saturated heterocycles. The topological polar surface area (TPSA) is 137 Å². The standard InChI is InChI=1S/C21H18N4O4S/c1-14-5-10-19(20(26)24-14)21(27)25(17-4-2-3-16(11-17)12-22)13-15-6-8-18(9-7-15)30(23,28)29/h2-11H,13H2,1H3,(H,24,26)(H2,23,28,29). The van der Waals surface area contributed by atoms with Gasteiger partial charge < -0.3 is 9.88 Å². The minimum atomic E-state index is -3.84. The normalized spacial score (nSPS) is 11.0. The van der Waals surface area contributed by atoms with Gasteiger partial charge in [-0.05, 0) is 55.0 Å². The number of carbonyl (C=O) groups is 1. The number of sulfonamides is 1. The van der Waals surface area contributed by atoms with Crippen LogP contribution in [0.3, 0.4) is 0 Å². The third kappa shape index (κ3) is 4.63. The molecule has 1 amide bonds. The number of hydrogen-bond acceptors (Lipinski definition) is 5. The smallest absolute Gasteiger partial charge is 0.264 e. The van der Waals surface area contributed by atoms with Crippen LogP contribution >= 0.6 is 0 Å². The molecule has 152 valence electrons. The molecule has 0 bridgehead atoms. The Labute approximate surface area is 173 Å². The average Bonchev–Trinajstić information content (AvgIpc) is 2.71. The number of H-pyrrole nitrogens is 1. The van der Waals surface area contributed by atoms with Crippen LogP contribution in [0.25, 0.3) is 0 Å². The molecule has 0 saturated carbocycles. The number of nitriles is 1. The summed E-state index contributed by atoms with van der Waals surface area (Å²) in [6, 6.07) is 17.3. The molecule has 0 fully saturated rings. The molecule has 1 aromatic heterocycles. The first kappa shape index (κ1) is 21.0. The third-order valence-electron chi connectivity index (χ3n) is 4.41. The highest BCUT2D eigenvalue weighted by atomic mass is 32.2. The Hall–Kier alpha value is -3.74. The number of pyridine rings is 1. The summed E-state index contributed by atoms with van der Waals surface area (Å²) >= 11 is 0. The minimum absolute atomic E-state index is 0.0476. The fourth-order valence-corrected chi connectivity index (χ4v) is 3.39. The molecule has 2 aromatic carbocycles. The molecule has 0 unspecified atom stereocenters. The van der Waals surface area contributed by atoms with Crippen molar-refractivity contribution in [2.75, 3.05) is 4.90 Å². The molecule has 0 aliphatic carbocycles. The van der Waals surface area contributed by atoms with Crippen molar-refractivity contribution in [1.82, 2.24) is 4.98 Å². The van der Waals surface area contributed by atoms with Crippen LogP contribution in [0.15, 0.2) is 70.4 Å². The monoisotopic (exact) mass is 422 g/mol. The van der Waals surface area contributed by atoms with E-state index in [9.17, 15) is 23.3 Å². The molecule has 0 spiro atoms. The van der Waals surface area contributed by atoms with Crippen molar-refractivity contribution < 1.29 is 13.2 Å². The molecule has 0 radical (unpaired) electrons. The van der Waals surface area contributed by atoms with Crippen LogP contribution in [0.4, 0.5) is 5.69 Å². The van der Waals surface area contributed by atoms with Crippen molar-refractivity contribution >= 4 is 21.6 Å². The Morgan fingerprint density at radius 1 is 1.13 bits per heavy atom. The van der Waals surface area contributed by atoms with Gasteiger partial charge in [0, 0.05) is 11.4 Å². The van der Waals surface area contributed by atoms with E-state index in [0.717, 1.165) is 0 Å². The van der Waals surface area contributed by atoms with E-state index in [1.807, 2.05) is 6.07 Å². The summed E-state index contributed by atoms with van der Waals surface area (Å²) in [5, 5.41) is 14.3. The maximum absolute atomic E-state index is 13.2. The number of nitrogens with two attached hydrogens (primary N) is 1. The van der Waals surface area contributed by atoms with Gasteiger partial charge in [0.2, 0.25) is 10.0 Å². The predicted octanol–water partition coefficient (Wildman–Crippen LogP) is 2.05. The number of aromatic amines is 1. The highest BCUT2D eigenvalue weighted by Crippen LogP contribution is 2.21. The summed E-state index contributed by atoms with van der Waals surface area (Å²) in [6.07, 6.45) is 0. The first-order chi connectivity index (χ1) is 14.2. The molecule has 8 nitrogen and oxygen atoms in total. The largest absolute Gasteiger partial charge is 0.326 e. The minimum Gasteiger partial charge on any atom is -0.326 e. The summed E-state index contributed by atoms with van der Waals surface area (Å²) in [5.74, 6) is -0.554. The number of anilines is 1. The van der Waals surface area contributed by atoms with Crippen molar-refractivity contribution in [1.29, 1.82) is 5.26 Å². The van der Waals surface area contributed by atoms with Crippen molar-refractivity contribution in [3.63, 3.8) is 0 Å². The van der Waals surface area contributed by atoms with Gasteiger partial charge in [-0.15, -0.1) is 0 Å². The van der Waals surface area contributed by atoms with Crippen molar-refractivity contribution in [2.45, 2.75) is 18.4 Å². The molecule has 0 aliphatic heterocycles. The first-order valence-electron chi connectivity index (χ1n) is 8.83. The second-order valence-electron chi connectivity index (χ2n) is 6.63.